The van der Waals surface area contributed by atoms with Gasteiger partial charge < -0.3 is 20.3 Å². The van der Waals surface area contributed by atoms with Gasteiger partial charge in [-0.1, -0.05) is 37.0 Å². The molecule has 2 saturated heterocycles. The maximum atomic E-state index is 13.2. The van der Waals surface area contributed by atoms with Crippen molar-refractivity contribution in [1.29, 1.82) is 5.26 Å². The lowest BCUT2D eigenvalue weighted by Gasteiger charge is -2.30. The van der Waals surface area contributed by atoms with E-state index < -0.39 is 12.1 Å². The molecule has 2 N–H and O–H groups in total. The number of hydrogen-bond acceptors (Lipinski definition) is 5. The number of carbonyl (C=O) groups is 3. The molecule has 1 aliphatic carbocycles. The number of piperidine rings is 1. The highest BCUT2D eigenvalue weighted by Crippen LogP contribution is 2.64. The summed E-state index contributed by atoms with van der Waals surface area (Å²) in [7, 11) is 0. The van der Waals surface area contributed by atoms with E-state index in [4.69, 9.17) is 27.9 Å². The van der Waals surface area contributed by atoms with Crippen LogP contribution in [0.15, 0.2) is 18.2 Å². The van der Waals surface area contributed by atoms with E-state index in [9.17, 15) is 19.6 Å². The molecule has 10 heteroatoms. The third-order valence-electron chi connectivity index (χ3n) is 7.20. The van der Waals surface area contributed by atoms with Crippen LogP contribution in [0.4, 0.5) is 0 Å². The van der Waals surface area contributed by atoms with E-state index in [2.05, 4.69) is 30.6 Å². The summed E-state index contributed by atoms with van der Waals surface area (Å²) in [5.74, 6) is -0.530. The van der Waals surface area contributed by atoms with E-state index in [1.165, 1.54) is 11.0 Å². The minimum absolute atomic E-state index is 0.00897. The molecule has 5 atom stereocenters. The monoisotopic (exact) mass is 492 g/mol. The third kappa shape index (κ3) is 4.62. The van der Waals surface area contributed by atoms with E-state index in [-0.39, 0.29) is 53.9 Å². The zero-order valence-corrected chi connectivity index (χ0v) is 19.9. The van der Waals surface area contributed by atoms with Gasteiger partial charge in [-0.25, -0.2) is 0 Å². The van der Waals surface area contributed by atoms with Crippen LogP contribution in [0.3, 0.4) is 0 Å². The summed E-state index contributed by atoms with van der Waals surface area (Å²) in [6, 6.07) is 5.33. The Morgan fingerprint density at radius 2 is 2.15 bits per heavy atom. The van der Waals surface area contributed by atoms with Crippen molar-refractivity contribution < 1.29 is 19.1 Å². The zero-order chi connectivity index (χ0) is 23.9. The summed E-state index contributed by atoms with van der Waals surface area (Å²) in [6.07, 6.45) is 0.896. The molecule has 1 unspecified atom stereocenters. The number of amides is 3. The topological polar surface area (TPSA) is 112 Å². The maximum Gasteiger partial charge on any atom is 0.261 e. The second-order valence-electron chi connectivity index (χ2n) is 9.51. The molecule has 176 valence electrons. The van der Waals surface area contributed by atoms with E-state index >= 15 is 0 Å². The molecule has 4 rings (SSSR count). The zero-order valence-electron chi connectivity index (χ0n) is 18.4. The first kappa shape index (κ1) is 23.7. The van der Waals surface area contributed by atoms with Crippen molar-refractivity contribution in [2.45, 2.75) is 38.8 Å². The number of benzene rings is 1. The Balaban J connectivity index is 1.42. The van der Waals surface area contributed by atoms with Crippen molar-refractivity contribution in [1.82, 2.24) is 15.5 Å². The third-order valence-corrected chi connectivity index (χ3v) is 7.73. The first-order valence-electron chi connectivity index (χ1n) is 11.0. The predicted molar refractivity (Wildman–Crippen MR) is 121 cm³/mol. The molecule has 0 radical (unpaired) electrons. The number of ether oxygens (including phenoxy) is 1. The molecular weight excluding hydrogens is 467 g/mol. The Morgan fingerprint density at radius 3 is 2.79 bits per heavy atom. The standard InChI is InChI=1S/C23H26Cl2N4O4/c1-23(2)15-10-29(18(30)11-33-17-4-3-13(24)8-16(17)25)20(19(15)23)22(32)28-14(9-26)7-12-5-6-27-21(12)31/h3-4,8,12,14-15,19-20H,5-7,10-11H2,1-2H3,(H,27,31)(H,28,32)/t12-,14-,15-,19-,20?/m0/s1. The average Bonchev–Trinajstić information content (AvgIpc) is 3.12. The summed E-state index contributed by atoms with van der Waals surface area (Å²) >= 11 is 12.0. The fourth-order valence-electron chi connectivity index (χ4n) is 5.21. The number of rotatable bonds is 7. The fourth-order valence-corrected chi connectivity index (χ4v) is 5.68. The smallest absolute Gasteiger partial charge is 0.261 e. The molecule has 0 spiro atoms. The lowest BCUT2D eigenvalue weighted by molar-refractivity contribution is -0.142. The highest BCUT2D eigenvalue weighted by molar-refractivity contribution is 6.35. The van der Waals surface area contributed by atoms with Crippen molar-refractivity contribution in [3.63, 3.8) is 0 Å². The van der Waals surface area contributed by atoms with Crippen LogP contribution < -0.4 is 15.4 Å². The normalized spacial score (nSPS) is 27.8. The van der Waals surface area contributed by atoms with Gasteiger partial charge in [-0.3, -0.25) is 14.4 Å². The van der Waals surface area contributed by atoms with Crippen LogP contribution in [0.25, 0.3) is 0 Å². The Morgan fingerprint density at radius 1 is 1.39 bits per heavy atom. The number of nitriles is 1. The van der Waals surface area contributed by atoms with E-state index in [0.717, 1.165) is 0 Å². The number of hydrogen-bond donors (Lipinski definition) is 2. The summed E-state index contributed by atoms with van der Waals surface area (Å²) in [6.45, 7) is 4.93. The van der Waals surface area contributed by atoms with Gasteiger partial charge >= 0.3 is 0 Å². The van der Waals surface area contributed by atoms with Gasteiger partial charge in [0.05, 0.1) is 11.1 Å². The van der Waals surface area contributed by atoms with Crippen LogP contribution in [0.1, 0.15) is 26.7 Å². The molecule has 1 aromatic rings. The van der Waals surface area contributed by atoms with Gasteiger partial charge in [0.1, 0.15) is 17.8 Å². The Labute approximate surface area is 202 Å². The van der Waals surface area contributed by atoms with E-state index in [1.54, 1.807) is 12.1 Å². The largest absolute Gasteiger partial charge is 0.482 e. The Hall–Kier alpha value is -2.50. The number of fused-ring (bicyclic) bond motifs is 1. The highest BCUT2D eigenvalue weighted by Gasteiger charge is 2.69. The van der Waals surface area contributed by atoms with Gasteiger partial charge in [0.25, 0.3) is 5.91 Å². The summed E-state index contributed by atoms with van der Waals surface area (Å²) in [5.41, 5.74) is -0.0629. The molecule has 1 saturated carbocycles. The van der Waals surface area contributed by atoms with Gasteiger partial charge in [0, 0.05) is 24.0 Å². The van der Waals surface area contributed by atoms with Gasteiger partial charge in [0.15, 0.2) is 6.61 Å². The van der Waals surface area contributed by atoms with Crippen LogP contribution in [-0.2, 0) is 14.4 Å². The lowest BCUT2D eigenvalue weighted by Crippen LogP contribution is -2.53. The van der Waals surface area contributed by atoms with Crippen molar-refractivity contribution in [3.05, 3.63) is 28.2 Å². The van der Waals surface area contributed by atoms with E-state index in [0.29, 0.717) is 35.3 Å². The summed E-state index contributed by atoms with van der Waals surface area (Å²) < 4.78 is 5.59. The molecule has 0 aromatic heterocycles. The van der Waals surface area contributed by atoms with Crippen LogP contribution in [-0.4, -0.2) is 54.4 Å². The molecule has 3 aliphatic rings. The molecule has 0 bridgehead atoms. The first-order valence-corrected chi connectivity index (χ1v) is 11.7. The molecular formula is C23H26Cl2N4O4. The van der Waals surface area contributed by atoms with Crippen molar-refractivity contribution in [2.75, 3.05) is 19.7 Å². The number of halogens is 2. The minimum Gasteiger partial charge on any atom is -0.482 e. The molecule has 3 fully saturated rings. The highest BCUT2D eigenvalue weighted by atomic mass is 35.5. The molecule has 33 heavy (non-hydrogen) atoms. The minimum atomic E-state index is -0.798. The number of nitrogens with one attached hydrogen (secondary N) is 2. The number of carbonyl (C=O) groups excluding carboxylic acids is 3. The summed E-state index contributed by atoms with van der Waals surface area (Å²) in [5, 5.41) is 15.8. The predicted octanol–water partition coefficient (Wildman–Crippen LogP) is 2.39. The summed E-state index contributed by atoms with van der Waals surface area (Å²) in [4.78, 5) is 39.6. The second-order valence-corrected chi connectivity index (χ2v) is 10.4. The van der Waals surface area contributed by atoms with Crippen LogP contribution in [0.2, 0.25) is 10.0 Å². The van der Waals surface area contributed by atoms with Crippen molar-refractivity contribution in [2.24, 2.45) is 23.2 Å². The fraction of sp³-hybridized carbons (Fsp3) is 0.565. The Bertz CT molecular complexity index is 1020. The van der Waals surface area contributed by atoms with Gasteiger partial charge in [-0.05, 0) is 48.3 Å². The SMILES string of the molecule is CC1(C)[C@@H]2C(C(=O)N[C@H](C#N)C[C@@H]3CCNC3=O)N(C(=O)COc3ccc(Cl)cc3Cl)C[C@@H]21. The quantitative estimate of drug-likeness (QED) is 0.606. The van der Waals surface area contributed by atoms with Crippen LogP contribution >= 0.6 is 23.2 Å². The molecule has 8 nitrogen and oxygen atoms in total. The molecule has 2 heterocycles. The molecule has 1 aromatic carbocycles. The average molecular weight is 493 g/mol. The van der Waals surface area contributed by atoms with Gasteiger partial charge in [-0.2, -0.15) is 5.26 Å². The molecule has 2 aliphatic heterocycles. The molecule has 3 amide bonds. The number of likely N-dealkylation sites (tertiary alicyclic amines) is 1. The van der Waals surface area contributed by atoms with Crippen molar-refractivity contribution in [3.8, 4) is 11.8 Å². The Kier molecular flexibility index (Phi) is 6.47. The maximum absolute atomic E-state index is 13.2. The first-order chi connectivity index (χ1) is 15.6. The van der Waals surface area contributed by atoms with Crippen LogP contribution in [0, 0.1) is 34.5 Å². The number of nitrogens with zero attached hydrogens (tertiary/aromatic N) is 2. The van der Waals surface area contributed by atoms with Gasteiger partial charge in [0.2, 0.25) is 11.8 Å². The second kappa shape index (κ2) is 9.03. The van der Waals surface area contributed by atoms with E-state index in [1.807, 2.05) is 0 Å². The lowest BCUT2D eigenvalue weighted by atomic mass is 9.97. The van der Waals surface area contributed by atoms with Gasteiger partial charge in [-0.15, -0.1) is 0 Å². The van der Waals surface area contributed by atoms with Crippen LogP contribution in [0.5, 0.6) is 5.75 Å². The van der Waals surface area contributed by atoms with Crippen molar-refractivity contribution >= 4 is 40.9 Å².